The lowest BCUT2D eigenvalue weighted by molar-refractivity contribution is -0.137. The fraction of sp³-hybridized carbons (Fsp3) is 0.349. The monoisotopic (exact) mass is 763 g/mol. The van der Waals surface area contributed by atoms with Gasteiger partial charge in [-0.3, -0.25) is 15.1 Å². The number of hydrogen-bond donors (Lipinski definition) is 2. The number of aryl methyl sites for hydroxylation is 3. The molecule has 1 unspecified atom stereocenters. The average Bonchev–Trinajstić information content (AvgIpc) is 3.95. The second kappa shape index (κ2) is 13.8. The van der Waals surface area contributed by atoms with Gasteiger partial charge in [0.25, 0.3) is 5.91 Å². The summed E-state index contributed by atoms with van der Waals surface area (Å²) < 4.78 is 46.7. The number of nitrogens with one attached hydrogen (secondary N) is 2. The molecule has 0 saturated carbocycles. The molecule has 8 nitrogen and oxygen atoms in total. The van der Waals surface area contributed by atoms with Gasteiger partial charge in [-0.1, -0.05) is 43.3 Å². The van der Waals surface area contributed by atoms with E-state index in [0.29, 0.717) is 53.9 Å². The van der Waals surface area contributed by atoms with Crippen LogP contribution in [-0.2, 0) is 36.6 Å². The van der Waals surface area contributed by atoms with Crippen molar-refractivity contribution in [2.75, 3.05) is 11.9 Å². The SMILES string of the molecule is CCc1cccc2c1CC[C@H]2Nc1nccc2cc(-c3c(C4=CCC(C)OC(=O)N4)c(CCc4ccc(C(F)(F)F)cc4)nc4c3C(=O)N3CCC[C@@H]43)sc12. The molecule has 0 bridgehead atoms. The van der Waals surface area contributed by atoms with E-state index in [0.717, 1.165) is 76.3 Å². The van der Waals surface area contributed by atoms with Gasteiger partial charge in [0.1, 0.15) is 11.9 Å². The number of rotatable bonds is 8. The zero-order chi connectivity index (χ0) is 38.0. The number of benzene rings is 2. The van der Waals surface area contributed by atoms with E-state index in [1.54, 1.807) is 17.5 Å². The molecule has 6 heterocycles. The maximum Gasteiger partial charge on any atom is 0.416 e. The Morgan fingerprint density at radius 3 is 2.67 bits per heavy atom. The van der Waals surface area contributed by atoms with Gasteiger partial charge in [0.15, 0.2) is 0 Å². The number of amides is 2. The summed E-state index contributed by atoms with van der Waals surface area (Å²) in [5.41, 5.74) is 7.89. The summed E-state index contributed by atoms with van der Waals surface area (Å²) in [7, 11) is 0. The normalized spacial score (nSPS) is 20.5. The second-order valence-electron chi connectivity index (χ2n) is 14.9. The molecule has 5 aromatic rings. The number of carbonyl (C=O) groups is 2. The summed E-state index contributed by atoms with van der Waals surface area (Å²) >= 11 is 1.56. The van der Waals surface area contributed by atoms with Gasteiger partial charge in [-0.15, -0.1) is 11.3 Å². The Morgan fingerprint density at radius 1 is 1.04 bits per heavy atom. The number of hydrogen-bond acceptors (Lipinski definition) is 7. The van der Waals surface area contributed by atoms with Crippen LogP contribution in [0, 0.1) is 0 Å². The molecule has 3 aromatic heterocycles. The van der Waals surface area contributed by atoms with Crippen molar-refractivity contribution in [3.8, 4) is 10.4 Å². The molecule has 0 radical (unpaired) electrons. The van der Waals surface area contributed by atoms with Gasteiger partial charge in [0.2, 0.25) is 0 Å². The number of nitrogens with zero attached hydrogens (tertiary/aromatic N) is 3. The molecule has 0 spiro atoms. The van der Waals surface area contributed by atoms with E-state index in [4.69, 9.17) is 14.7 Å². The third kappa shape index (κ3) is 6.33. The number of anilines is 1. The number of carbonyl (C=O) groups excluding carboxylic acids is 2. The molecule has 2 N–H and O–H groups in total. The van der Waals surface area contributed by atoms with Crippen molar-refractivity contribution in [2.45, 2.75) is 89.6 Å². The van der Waals surface area contributed by atoms with Crippen molar-refractivity contribution >= 4 is 44.9 Å². The van der Waals surface area contributed by atoms with Crippen molar-refractivity contribution in [1.82, 2.24) is 20.2 Å². The molecular formula is C43H40F3N5O3S. The van der Waals surface area contributed by atoms with Crippen LogP contribution < -0.4 is 10.6 Å². The second-order valence-corrected chi connectivity index (χ2v) is 15.9. The van der Waals surface area contributed by atoms with Crippen LogP contribution in [0.25, 0.3) is 26.2 Å². The number of alkyl carbamates (subject to hydrolysis) is 1. The molecule has 3 aliphatic heterocycles. The minimum atomic E-state index is -4.43. The first-order valence-corrected chi connectivity index (χ1v) is 19.9. The molecule has 282 valence electrons. The zero-order valence-electron chi connectivity index (χ0n) is 30.6. The maximum atomic E-state index is 14.4. The van der Waals surface area contributed by atoms with Crippen LogP contribution in [0.3, 0.4) is 0 Å². The molecule has 1 fully saturated rings. The van der Waals surface area contributed by atoms with Crippen molar-refractivity contribution in [2.24, 2.45) is 0 Å². The third-order valence-corrected chi connectivity index (χ3v) is 12.7. The largest absolute Gasteiger partial charge is 0.446 e. The Bertz CT molecular complexity index is 2390. The summed E-state index contributed by atoms with van der Waals surface area (Å²) in [5, 5.41) is 7.70. The Hall–Kier alpha value is -5.23. The fourth-order valence-electron chi connectivity index (χ4n) is 8.83. The highest BCUT2D eigenvalue weighted by Gasteiger charge is 2.45. The van der Waals surface area contributed by atoms with E-state index in [1.807, 2.05) is 24.0 Å². The average molecular weight is 764 g/mol. The van der Waals surface area contributed by atoms with Gasteiger partial charge in [-0.25, -0.2) is 9.78 Å². The van der Waals surface area contributed by atoms with Crippen LogP contribution in [0.15, 0.2) is 66.9 Å². The minimum Gasteiger partial charge on any atom is -0.446 e. The van der Waals surface area contributed by atoms with Crippen LogP contribution in [-0.4, -0.2) is 39.5 Å². The Balaban J connectivity index is 1.19. The summed E-state index contributed by atoms with van der Waals surface area (Å²) in [6.45, 7) is 4.65. The smallest absolute Gasteiger partial charge is 0.416 e. The number of thiophene rings is 1. The molecular weight excluding hydrogens is 724 g/mol. The van der Waals surface area contributed by atoms with Crippen molar-refractivity contribution in [3.05, 3.63) is 117 Å². The van der Waals surface area contributed by atoms with Gasteiger partial charge in [0, 0.05) is 40.9 Å². The van der Waals surface area contributed by atoms with Crippen LogP contribution in [0.1, 0.15) is 107 Å². The van der Waals surface area contributed by atoms with E-state index < -0.39 is 17.8 Å². The zero-order valence-corrected chi connectivity index (χ0v) is 31.4. The summed E-state index contributed by atoms with van der Waals surface area (Å²) in [5.74, 6) is 0.698. The van der Waals surface area contributed by atoms with E-state index in [-0.39, 0.29) is 24.1 Å². The first-order chi connectivity index (χ1) is 26.6. The van der Waals surface area contributed by atoms with Crippen molar-refractivity contribution < 1.29 is 27.5 Å². The Morgan fingerprint density at radius 2 is 1.87 bits per heavy atom. The number of alkyl halides is 3. The minimum absolute atomic E-state index is 0.0797. The molecule has 55 heavy (non-hydrogen) atoms. The number of cyclic esters (lactones) is 1. The van der Waals surface area contributed by atoms with Gasteiger partial charge in [0.05, 0.1) is 39.3 Å². The van der Waals surface area contributed by atoms with E-state index in [1.165, 1.54) is 28.8 Å². The highest BCUT2D eigenvalue weighted by atomic mass is 32.1. The summed E-state index contributed by atoms with van der Waals surface area (Å²) in [6.07, 6.45) is 4.17. The van der Waals surface area contributed by atoms with Crippen molar-refractivity contribution in [1.29, 1.82) is 0 Å². The van der Waals surface area contributed by atoms with E-state index in [9.17, 15) is 22.8 Å². The molecule has 1 aliphatic carbocycles. The lowest BCUT2D eigenvalue weighted by atomic mass is 9.91. The van der Waals surface area contributed by atoms with Crippen LogP contribution in [0.2, 0.25) is 0 Å². The lowest BCUT2D eigenvalue weighted by Crippen LogP contribution is -2.25. The van der Waals surface area contributed by atoms with Crippen LogP contribution in [0.4, 0.5) is 23.8 Å². The standard InChI is InChI=1S/C43H40F3N5O3S/c1-3-25-6-4-7-29-28(25)15-18-30(29)49-40-39-26(19-20-47-40)22-34(55-39)36-35(32-16-9-23(2)54-42(53)50-32)31(17-12-24-10-13-27(14-11-24)43(44,45)46)48-38-33-8-5-21-51(33)41(52)37(36)38/h4,6-7,10-11,13-14,16,19-20,22-23,30,33H,3,5,8-9,12,15,17-18,21H2,1-2H3,(H,47,49)(H,50,53)/t23?,30-,33+/m1/s1. The molecule has 1 saturated heterocycles. The summed E-state index contributed by atoms with van der Waals surface area (Å²) in [4.78, 5) is 40.3. The van der Waals surface area contributed by atoms with E-state index in [2.05, 4.69) is 41.8 Å². The number of ether oxygens (including phenoxy) is 1. The van der Waals surface area contributed by atoms with Gasteiger partial charge < -0.3 is 15.0 Å². The molecule has 4 aliphatic rings. The molecule has 12 heteroatoms. The number of fused-ring (bicyclic) bond motifs is 5. The Labute approximate surface area is 320 Å². The van der Waals surface area contributed by atoms with Crippen LogP contribution >= 0.6 is 11.3 Å². The van der Waals surface area contributed by atoms with Gasteiger partial charge in [-0.2, -0.15) is 13.2 Å². The predicted octanol–water partition coefficient (Wildman–Crippen LogP) is 9.97. The first kappa shape index (κ1) is 35.5. The first-order valence-electron chi connectivity index (χ1n) is 19.1. The van der Waals surface area contributed by atoms with E-state index >= 15 is 0 Å². The topological polar surface area (TPSA) is 96.5 Å². The molecule has 9 rings (SSSR count). The molecule has 2 amide bonds. The molecule has 2 aromatic carbocycles. The predicted molar refractivity (Wildman–Crippen MR) is 207 cm³/mol. The highest BCUT2D eigenvalue weighted by Crippen LogP contribution is 2.50. The number of aromatic nitrogens is 2. The van der Waals surface area contributed by atoms with Crippen molar-refractivity contribution in [3.63, 3.8) is 0 Å². The number of halogens is 3. The third-order valence-electron chi connectivity index (χ3n) is 11.5. The quantitative estimate of drug-likeness (QED) is 0.163. The lowest BCUT2D eigenvalue weighted by Gasteiger charge is -2.20. The summed E-state index contributed by atoms with van der Waals surface area (Å²) in [6, 6.07) is 15.8. The van der Waals surface area contributed by atoms with Gasteiger partial charge in [-0.05, 0) is 104 Å². The maximum absolute atomic E-state index is 14.4. The number of pyridine rings is 2. The highest BCUT2D eigenvalue weighted by molar-refractivity contribution is 7.22. The van der Waals surface area contributed by atoms with Gasteiger partial charge >= 0.3 is 12.3 Å². The Kier molecular flexibility index (Phi) is 8.91. The van der Waals surface area contributed by atoms with Crippen LogP contribution in [0.5, 0.6) is 0 Å². The molecule has 3 atom stereocenters. The fourth-order valence-corrected chi connectivity index (χ4v) is 9.99.